The van der Waals surface area contributed by atoms with Gasteiger partial charge in [-0.05, 0) is 37.6 Å². The second-order valence-corrected chi connectivity index (χ2v) is 7.62. The van der Waals surface area contributed by atoms with Crippen molar-refractivity contribution in [2.75, 3.05) is 11.9 Å². The number of aromatic nitrogens is 2. The molecule has 1 unspecified atom stereocenters. The largest absolute Gasteiger partial charge is 0.505 e. The lowest BCUT2D eigenvalue weighted by Crippen LogP contribution is -2.36. The molecule has 10 nitrogen and oxygen atoms in total. The van der Waals surface area contributed by atoms with Gasteiger partial charge in [-0.25, -0.2) is 4.79 Å². The van der Waals surface area contributed by atoms with Crippen LogP contribution in [0.15, 0.2) is 64.4 Å². The van der Waals surface area contributed by atoms with Crippen LogP contribution >= 0.6 is 0 Å². The standard InChI is InChI=1S/C24H26N4O6/c1-4-34-20(30)12-18(16-10-11-19(29)28(14-16)17-8-6-5-7-9-17)25-24(33)26-21-22(31)15(2)13-27(3)23(21)32/h5-11,13-14,18,31H,4,12H2,1-3H3,(H2,25,26,33). The number of aromatic hydroxyl groups is 1. The number of nitrogens with one attached hydrogen (secondary N) is 2. The molecule has 1 atom stereocenters. The van der Waals surface area contributed by atoms with Gasteiger partial charge in [-0.2, -0.15) is 0 Å². The molecule has 0 bridgehead atoms. The Kier molecular flexibility index (Phi) is 7.52. The number of para-hydroxylation sites is 1. The molecule has 0 spiro atoms. The summed E-state index contributed by atoms with van der Waals surface area (Å²) in [5.74, 6) is -0.905. The molecule has 3 N–H and O–H groups in total. The number of anilines is 1. The number of nitrogens with zero attached hydrogens (tertiary/aromatic N) is 2. The van der Waals surface area contributed by atoms with E-state index >= 15 is 0 Å². The molecular formula is C24H26N4O6. The Bertz CT molecular complexity index is 1310. The number of hydrogen-bond acceptors (Lipinski definition) is 6. The molecule has 0 aliphatic rings. The van der Waals surface area contributed by atoms with Crippen LogP contribution in [0.3, 0.4) is 0 Å². The number of esters is 1. The fourth-order valence-corrected chi connectivity index (χ4v) is 3.44. The number of rotatable bonds is 7. The molecule has 0 radical (unpaired) electrons. The SMILES string of the molecule is CCOC(=O)CC(NC(=O)Nc1c(O)c(C)cn(C)c1=O)c1ccc(=O)n(-c2ccccc2)c1. The van der Waals surface area contributed by atoms with Crippen LogP contribution in [0.4, 0.5) is 10.5 Å². The predicted molar refractivity (Wildman–Crippen MR) is 126 cm³/mol. The van der Waals surface area contributed by atoms with Crippen molar-refractivity contribution in [1.82, 2.24) is 14.5 Å². The average molecular weight is 466 g/mol. The summed E-state index contributed by atoms with van der Waals surface area (Å²) >= 11 is 0. The first-order valence-corrected chi connectivity index (χ1v) is 10.6. The summed E-state index contributed by atoms with van der Waals surface area (Å²) in [4.78, 5) is 49.8. The minimum Gasteiger partial charge on any atom is -0.505 e. The molecule has 2 aromatic heterocycles. The highest BCUT2D eigenvalue weighted by Gasteiger charge is 2.22. The number of carbonyl (C=O) groups is 2. The van der Waals surface area contributed by atoms with E-state index in [2.05, 4.69) is 10.6 Å². The van der Waals surface area contributed by atoms with Crippen LogP contribution in [0, 0.1) is 6.92 Å². The number of urea groups is 1. The van der Waals surface area contributed by atoms with Crippen molar-refractivity contribution in [2.24, 2.45) is 7.05 Å². The Morgan fingerprint density at radius 2 is 1.79 bits per heavy atom. The molecule has 3 aromatic rings. The topological polar surface area (TPSA) is 132 Å². The number of hydrogen-bond donors (Lipinski definition) is 3. The van der Waals surface area contributed by atoms with Gasteiger partial charge in [-0.3, -0.25) is 19.0 Å². The number of ether oxygens (including phenoxy) is 1. The summed E-state index contributed by atoms with van der Waals surface area (Å²) in [7, 11) is 1.49. The fourth-order valence-electron chi connectivity index (χ4n) is 3.44. The van der Waals surface area contributed by atoms with Gasteiger partial charge in [0.25, 0.3) is 11.1 Å². The summed E-state index contributed by atoms with van der Waals surface area (Å²) in [6.07, 6.45) is 2.76. The molecule has 1 aromatic carbocycles. The van der Waals surface area contributed by atoms with Crippen LogP contribution in [0.25, 0.3) is 5.69 Å². The van der Waals surface area contributed by atoms with Gasteiger partial charge >= 0.3 is 12.0 Å². The van der Waals surface area contributed by atoms with Crippen LogP contribution in [0.2, 0.25) is 0 Å². The Labute approximate surface area is 195 Å². The van der Waals surface area contributed by atoms with Gasteiger partial charge in [0.15, 0.2) is 5.69 Å². The van der Waals surface area contributed by atoms with Crippen LogP contribution in [-0.2, 0) is 16.6 Å². The van der Waals surface area contributed by atoms with Crippen molar-refractivity contribution in [3.05, 3.63) is 86.7 Å². The minimum absolute atomic E-state index is 0.161. The van der Waals surface area contributed by atoms with Crippen LogP contribution in [0.1, 0.15) is 30.5 Å². The normalized spacial score (nSPS) is 11.5. The summed E-state index contributed by atoms with van der Waals surface area (Å²) < 4.78 is 7.66. The third-order valence-electron chi connectivity index (χ3n) is 5.12. The predicted octanol–water partition coefficient (Wildman–Crippen LogP) is 2.37. The molecule has 0 aliphatic heterocycles. The second kappa shape index (κ2) is 10.5. The van der Waals surface area contributed by atoms with Gasteiger partial charge in [0.1, 0.15) is 5.75 Å². The van der Waals surface area contributed by atoms with E-state index in [0.29, 0.717) is 16.8 Å². The van der Waals surface area contributed by atoms with E-state index < -0.39 is 23.6 Å². The fraction of sp³-hybridized carbons (Fsp3) is 0.250. The van der Waals surface area contributed by atoms with Gasteiger partial charge < -0.3 is 25.0 Å². The van der Waals surface area contributed by atoms with Crippen molar-refractivity contribution in [2.45, 2.75) is 26.3 Å². The Hall–Kier alpha value is -4.34. The average Bonchev–Trinajstić information content (AvgIpc) is 2.81. The molecule has 2 amide bonds. The molecule has 0 saturated carbocycles. The highest BCUT2D eigenvalue weighted by atomic mass is 16.5. The van der Waals surface area contributed by atoms with E-state index in [1.165, 1.54) is 40.7 Å². The molecule has 10 heteroatoms. The Morgan fingerprint density at radius 3 is 2.47 bits per heavy atom. The van der Waals surface area contributed by atoms with E-state index in [9.17, 15) is 24.3 Å². The first-order valence-electron chi connectivity index (χ1n) is 10.6. The number of amides is 2. The number of benzene rings is 1. The van der Waals surface area contributed by atoms with Crippen LogP contribution < -0.4 is 21.8 Å². The maximum Gasteiger partial charge on any atom is 0.319 e. The summed E-state index contributed by atoms with van der Waals surface area (Å²) in [5.41, 5.74) is 0.301. The van der Waals surface area contributed by atoms with Crippen molar-refractivity contribution < 1.29 is 19.4 Å². The van der Waals surface area contributed by atoms with Gasteiger partial charge in [0.2, 0.25) is 0 Å². The first kappa shape index (κ1) is 24.3. The van der Waals surface area contributed by atoms with Gasteiger partial charge in [0.05, 0.1) is 19.1 Å². The van der Waals surface area contributed by atoms with E-state index in [1.54, 1.807) is 38.1 Å². The van der Waals surface area contributed by atoms with Crippen molar-refractivity contribution in [1.29, 1.82) is 0 Å². The molecule has 3 rings (SSSR count). The number of aryl methyl sites for hydroxylation is 2. The van der Waals surface area contributed by atoms with Crippen LogP contribution in [-0.4, -0.2) is 32.8 Å². The number of carbonyl (C=O) groups excluding carboxylic acids is 2. The minimum atomic E-state index is -0.884. The van der Waals surface area contributed by atoms with Gasteiger partial charge in [-0.15, -0.1) is 0 Å². The number of pyridine rings is 2. The highest BCUT2D eigenvalue weighted by molar-refractivity contribution is 5.91. The van der Waals surface area contributed by atoms with Crippen molar-refractivity contribution in [3.63, 3.8) is 0 Å². The lowest BCUT2D eigenvalue weighted by Gasteiger charge is -2.20. The molecule has 178 valence electrons. The van der Waals surface area contributed by atoms with E-state index in [4.69, 9.17) is 4.74 Å². The monoisotopic (exact) mass is 466 g/mol. The second-order valence-electron chi connectivity index (χ2n) is 7.62. The third-order valence-corrected chi connectivity index (χ3v) is 5.12. The molecular weight excluding hydrogens is 440 g/mol. The van der Waals surface area contributed by atoms with Crippen LogP contribution in [0.5, 0.6) is 5.75 Å². The summed E-state index contributed by atoms with van der Waals surface area (Å²) in [5, 5.41) is 15.2. The highest BCUT2D eigenvalue weighted by Crippen LogP contribution is 2.23. The Balaban J connectivity index is 1.94. The molecule has 0 saturated heterocycles. The molecule has 34 heavy (non-hydrogen) atoms. The maximum atomic E-state index is 12.8. The van der Waals surface area contributed by atoms with E-state index in [0.717, 1.165) is 0 Å². The molecule has 0 fully saturated rings. The quantitative estimate of drug-likeness (QED) is 0.458. The van der Waals surface area contributed by atoms with Crippen molar-refractivity contribution >= 4 is 17.7 Å². The molecule has 2 heterocycles. The van der Waals surface area contributed by atoms with Gasteiger partial charge in [-0.1, -0.05) is 18.2 Å². The van der Waals surface area contributed by atoms with E-state index in [1.807, 2.05) is 6.07 Å². The zero-order chi connectivity index (χ0) is 24.8. The third kappa shape index (κ3) is 5.52. The maximum absolute atomic E-state index is 12.8. The summed E-state index contributed by atoms with van der Waals surface area (Å²) in [6, 6.07) is 10.0. The zero-order valence-electron chi connectivity index (χ0n) is 19.1. The lowest BCUT2D eigenvalue weighted by atomic mass is 10.1. The smallest absolute Gasteiger partial charge is 0.319 e. The van der Waals surface area contributed by atoms with Crippen molar-refractivity contribution in [3.8, 4) is 11.4 Å². The zero-order valence-corrected chi connectivity index (χ0v) is 19.1. The lowest BCUT2D eigenvalue weighted by molar-refractivity contribution is -0.143. The molecule has 0 aliphatic carbocycles. The first-order chi connectivity index (χ1) is 16.2. The van der Waals surface area contributed by atoms with Gasteiger partial charge in [0, 0.05) is 36.8 Å². The van der Waals surface area contributed by atoms with E-state index in [-0.39, 0.29) is 30.0 Å². The Morgan fingerprint density at radius 1 is 1.09 bits per heavy atom. The summed E-state index contributed by atoms with van der Waals surface area (Å²) in [6.45, 7) is 3.42.